The second-order valence-electron chi connectivity index (χ2n) is 4.15. The SMILES string of the molecule is COC(=O)C1(O)c2ccccc2-c2cccnc21. The van der Waals surface area contributed by atoms with Crippen molar-refractivity contribution in [1.82, 2.24) is 4.98 Å². The zero-order chi connectivity index (χ0) is 12.8. The normalized spacial score (nSPS) is 20.1. The molecule has 1 N–H and O–H groups in total. The lowest BCUT2D eigenvalue weighted by atomic mass is 9.95. The number of fused-ring (bicyclic) bond motifs is 3. The largest absolute Gasteiger partial charge is 0.466 e. The highest BCUT2D eigenvalue weighted by Gasteiger charge is 2.50. The minimum Gasteiger partial charge on any atom is -0.466 e. The molecule has 0 saturated heterocycles. The minimum atomic E-state index is -1.80. The van der Waals surface area contributed by atoms with Crippen molar-refractivity contribution < 1.29 is 14.6 Å². The van der Waals surface area contributed by atoms with Gasteiger partial charge in [0.05, 0.1) is 12.8 Å². The van der Waals surface area contributed by atoms with E-state index in [0.717, 1.165) is 11.1 Å². The van der Waals surface area contributed by atoms with Crippen LogP contribution >= 0.6 is 0 Å². The molecule has 0 aliphatic heterocycles. The summed E-state index contributed by atoms with van der Waals surface area (Å²) in [4.78, 5) is 16.1. The number of benzene rings is 1. The molecular formula is C14H11NO3. The van der Waals surface area contributed by atoms with Gasteiger partial charge in [-0.2, -0.15) is 0 Å². The molecule has 0 amide bonds. The molecule has 18 heavy (non-hydrogen) atoms. The molecule has 1 unspecified atom stereocenters. The van der Waals surface area contributed by atoms with E-state index in [0.29, 0.717) is 11.3 Å². The topological polar surface area (TPSA) is 59.4 Å². The predicted molar refractivity (Wildman–Crippen MR) is 64.7 cm³/mol. The van der Waals surface area contributed by atoms with Gasteiger partial charge in [0.1, 0.15) is 0 Å². The Labute approximate surface area is 104 Å². The van der Waals surface area contributed by atoms with E-state index in [2.05, 4.69) is 4.98 Å². The Morgan fingerprint density at radius 3 is 2.72 bits per heavy atom. The van der Waals surface area contributed by atoms with Crippen LogP contribution in [0, 0.1) is 0 Å². The first kappa shape index (κ1) is 10.9. The molecule has 90 valence electrons. The summed E-state index contributed by atoms with van der Waals surface area (Å²) in [6, 6.07) is 10.8. The van der Waals surface area contributed by atoms with Crippen LogP contribution < -0.4 is 0 Å². The van der Waals surface area contributed by atoms with E-state index in [-0.39, 0.29) is 0 Å². The number of ether oxygens (including phenoxy) is 1. The number of nitrogens with zero attached hydrogens (tertiary/aromatic N) is 1. The average Bonchev–Trinajstić information content (AvgIpc) is 2.70. The summed E-state index contributed by atoms with van der Waals surface area (Å²) in [6.07, 6.45) is 1.55. The van der Waals surface area contributed by atoms with Gasteiger partial charge in [-0.25, -0.2) is 4.79 Å². The number of rotatable bonds is 1. The van der Waals surface area contributed by atoms with Crippen LogP contribution in [-0.2, 0) is 15.1 Å². The lowest BCUT2D eigenvalue weighted by Crippen LogP contribution is -2.36. The Morgan fingerprint density at radius 1 is 1.22 bits per heavy atom. The lowest BCUT2D eigenvalue weighted by molar-refractivity contribution is -0.158. The average molecular weight is 241 g/mol. The van der Waals surface area contributed by atoms with Crippen molar-refractivity contribution in [3.63, 3.8) is 0 Å². The van der Waals surface area contributed by atoms with Crippen molar-refractivity contribution in [3.05, 3.63) is 53.9 Å². The van der Waals surface area contributed by atoms with Gasteiger partial charge in [0.25, 0.3) is 0 Å². The number of hydrogen-bond donors (Lipinski definition) is 1. The molecule has 0 saturated carbocycles. The summed E-state index contributed by atoms with van der Waals surface area (Å²) in [6.45, 7) is 0. The first-order chi connectivity index (χ1) is 8.69. The predicted octanol–water partition coefficient (Wildman–Crippen LogP) is 1.47. The summed E-state index contributed by atoms with van der Waals surface area (Å²) in [5.74, 6) is -0.715. The molecule has 1 heterocycles. The molecule has 1 atom stereocenters. The number of carbonyl (C=O) groups is 1. The summed E-state index contributed by atoms with van der Waals surface area (Å²) in [7, 11) is 1.25. The van der Waals surface area contributed by atoms with E-state index in [1.54, 1.807) is 24.4 Å². The van der Waals surface area contributed by atoms with Crippen LogP contribution in [-0.4, -0.2) is 23.2 Å². The fraction of sp³-hybridized carbons (Fsp3) is 0.143. The maximum absolute atomic E-state index is 11.9. The number of aromatic nitrogens is 1. The van der Waals surface area contributed by atoms with Crippen molar-refractivity contribution >= 4 is 5.97 Å². The standard InChI is InChI=1S/C14H11NO3/c1-18-13(16)14(17)11-7-3-2-5-9(11)10-6-4-8-15-12(10)14/h2-8,17H,1H3. The zero-order valence-corrected chi connectivity index (χ0v) is 9.75. The van der Waals surface area contributed by atoms with Gasteiger partial charge >= 0.3 is 5.97 Å². The molecule has 4 nitrogen and oxygen atoms in total. The number of hydrogen-bond acceptors (Lipinski definition) is 4. The van der Waals surface area contributed by atoms with Crippen LogP contribution in [0.3, 0.4) is 0 Å². The monoisotopic (exact) mass is 241 g/mol. The Bertz CT molecular complexity index is 591. The van der Waals surface area contributed by atoms with Gasteiger partial charge in [-0.15, -0.1) is 0 Å². The molecule has 1 aliphatic carbocycles. The van der Waals surface area contributed by atoms with E-state index < -0.39 is 11.6 Å². The van der Waals surface area contributed by atoms with Crippen molar-refractivity contribution in [2.45, 2.75) is 5.60 Å². The smallest absolute Gasteiger partial charge is 0.349 e. The molecule has 0 spiro atoms. The number of pyridine rings is 1. The van der Waals surface area contributed by atoms with Crippen LogP contribution in [0.5, 0.6) is 0 Å². The van der Waals surface area contributed by atoms with Crippen molar-refractivity contribution in [3.8, 4) is 11.1 Å². The first-order valence-electron chi connectivity index (χ1n) is 5.55. The zero-order valence-electron chi connectivity index (χ0n) is 9.75. The molecule has 2 aromatic rings. The van der Waals surface area contributed by atoms with Gasteiger partial charge in [0, 0.05) is 17.3 Å². The van der Waals surface area contributed by atoms with Crippen molar-refractivity contribution in [1.29, 1.82) is 0 Å². The van der Waals surface area contributed by atoms with Gasteiger partial charge in [-0.3, -0.25) is 4.98 Å². The Morgan fingerprint density at radius 2 is 1.94 bits per heavy atom. The number of methoxy groups -OCH3 is 1. The van der Waals surface area contributed by atoms with Gasteiger partial charge in [0.15, 0.2) is 0 Å². The highest BCUT2D eigenvalue weighted by molar-refractivity contribution is 5.95. The first-order valence-corrected chi connectivity index (χ1v) is 5.55. The van der Waals surface area contributed by atoms with Gasteiger partial charge in [0.2, 0.25) is 5.60 Å². The second-order valence-corrected chi connectivity index (χ2v) is 4.15. The fourth-order valence-corrected chi connectivity index (χ4v) is 2.43. The van der Waals surface area contributed by atoms with Gasteiger partial charge in [-0.1, -0.05) is 30.3 Å². The summed E-state index contributed by atoms with van der Waals surface area (Å²) >= 11 is 0. The third-order valence-corrected chi connectivity index (χ3v) is 3.24. The molecule has 1 aromatic heterocycles. The molecule has 1 aromatic carbocycles. The third-order valence-electron chi connectivity index (χ3n) is 3.24. The van der Waals surface area contributed by atoms with E-state index in [9.17, 15) is 9.90 Å². The van der Waals surface area contributed by atoms with E-state index in [1.165, 1.54) is 7.11 Å². The maximum Gasteiger partial charge on any atom is 0.349 e. The van der Waals surface area contributed by atoms with Crippen LogP contribution in [0.15, 0.2) is 42.6 Å². The van der Waals surface area contributed by atoms with Crippen molar-refractivity contribution in [2.75, 3.05) is 7.11 Å². The Hall–Kier alpha value is -2.20. The number of esters is 1. The minimum absolute atomic E-state index is 0.332. The lowest BCUT2D eigenvalue weighted by Gasteiger charge is -2.21. The van der Waals surface area contributed by atoms with Gasteiger partial charge < -0.3 is 9.84 Å². The maximum atomic E-state index is 11.9. The van der Waals surface area contributed by atoms with Gasteiger partial charge in [-0.05, 0) is 11.6 Å². The highest BCUT2D eigenvalue weighted by atomic mass is 16.5. The molecule has 4 heteroatoms. The summed E-state index contributed by atoms with van der Waals surface area (Å²) in [5, 5.41) is 10.7. The molecule has 0 fully saturated rings. The van der Waals surface area contributed by atoms with E-state index >= 15 is 0 Å². The van der Waals surface area contributed by atoms with Crippen LogP contribution in [0.2, 0.25) is 0 Å². The quantitative estimate of drug-likeness (QED) is 0.768. The number of aliphatic hydroxyl groups is 1. The molecule has 0 bridgehead atoms. The Balaban J connectivity index is 2.37. The fourth-order valence-electron chi connectivity index (χ4n) is 2.43. The molecule has 0 radical (unpaired) electrons. The molecule has 1 aliphatic rings. The van der Waals surface area contributed by atoms with Crippen LogP contribution in [0.25, 0.3) is 11.1 Å². The third kappa shape index (κ3) is 1.18. The molecular weight excluding hydrogens is 230 g/mol. The second kappa shape index (κ2) is 3.65. The Kier molecular flexibility index (Phi) is 2.21. The van der Waals surface area contributed by atoms with E-state index in [1.807, 2.05) is 18.2 Å². The molecule has 3 rings (SSSR count). The number of carbonyl (C=O) groups excluding carboxylic acids is 1. The van der Waals surface area contributed by atoms with Crippen LogP contribution in [0.1, 0.15) is 11.3 Å². The van der Waals surface area contributed by atoms with Crippen LogP contribution in [0.4, 0.5) is 0 Å². The van der Waals surface area contributed by atoms with E-state index in [4.69, 9.17) is 4.74 Å². The summed E-state index contributed by atoms with van der Waals surface area (Å²) in [5.41, 5.74) is 0.625. The highest BCUT2D eigenvalue weighted by Crippen LogP contribution is 2.46. The van der Waals surface area contributed by atoms with Crippen molar-refractivity contribution in [2.24, 2.45) is 0 Å². The summed E-state index contributed by atoms with van der Waals surface area (Å²) < 4.78 is 4.72.